The van der Waals surface area contributed by atoms with Gasteiger partial charge in [-0.3, -0.25) is 0 Å². The van der Waals surface area contributed by atoms with Gasteiger partial charge in [-0.1, -0.05) is 25.5 Å². The van der Waals surface area contributed by atoms with Gasteiger partial charge < -0.3 is 10.1 Å². The van der Waals surface area contributed by atoms with Crippen LogP contribution in [0, 0.1) is 0 Å². The lowest BCUT2D eigenvalue weighted by Gasteiger charge is -2.25. The molecule has 1 aliphatic carbocycles. The number of ether oxygens (including phenoxy) is 1. The zero-order valence-electron chi connectivity index (χ0n) is 11.8. The molecule has 0 aliphatic heterocycles. The largest absolute Gasteiger partial charge is 0.489 e. The number of hydrogen-bond acceptors (Lipinski definition) is 2. The summed E-state index contributed by atoms with van der Waals surface area (Å²) in [5.74, 6) is 1.04. The van der Waals surface area contributed by atoms with E-state index in [1.807, 2.05) is 0 Å². The molecule has 19 heavy (non-hydrogen) atoms. The van der Waals surface area contributed by atoms with Crippen LogP contribution in [-0.4, -0.2) is 12.6 Å². The van der Waals surface area contributed by atoms with E-state index in [-0.39, 0.29) is 0 Å². The first-order valence-corrected chi connectivity index (χ1v) is 8.25. The van der Waals surface area contributed by atoms with Gasteiger partial charge in [0, 0.05) is 12.1 Å². The Morgan fingerprint density at radius 3 is 2.79 bits per heavy atom. The van der Waals surface area contributed by atoms with Gasteiger partial charge >= 0.3 is 0 Å². The summed E-state index contributed by atoms with van der Waals surface area (Å²) in [5, 5.41) is 3.46. The monoisotopic (exact) mass is 325 g/mol. The van der Waals surface area contributed by atoms with Gasteiger partial charge in [-0.25, -0.2) is 0 Å². The lowest BCUT2D eigenvalue weighted by Crippen LogP contribution is -2.21. The average Bonchev–Trinajstić information content (AvgIpc) is 2.44. The SMILES string of the molecule is CCCNCc1cccc(Br)c1OC1CCCCC1. The van der Waals surface area contributed by atoms with Crippen LogP contribution >= 0.6 is 15.9 Å². The molecular weight excluding hydrogens is 302 g/mol. The van der Waals surface area contributed by atoms with Crippen LogP contribution in [0.4, 0.5) is 0 Å². The summed E-state index contributed by atoms with van der Waals surface area (Å²) in [4.78, 5) is 0. The van der Waals surface area contributed by atoms with E-state index in [2.05, 4.69) is 46.4 Å². The van der Waals surface area contributed by atoms with Crippen LogP contribution in [0.3, 0.4) is 0 Å². The van der Waals surface area contributed by atoms with Crippen molar-refractivity contribution < 1.29 is 4.74 Å². The zero-order valence-corrected chi connectivity index (χ0v) is 13.3. The molecule has 0 aromatic heterocycles. The molecule has 0 heterocycles. The van der Waals surface area contributed by atoms with Crippen molar-refractivity contribution in [1.29, 1.82) is 0 Å². The second kappa shape index (κ2) is 7.91. The Bertz CT molecular complexity index is 388. The van der Waals surface area contributed by atoms with Crippen molar-refractivity contribution >= 4 is 15.9 Å². The van der Waals surface area contributed by atoms with E-state index in [4.69, 9.17) is 4.74 Å². The fourth-order valence-electron chi connectivity index (χ4n) is 2.57. The summed E-state index contributed by atoms with van der Waals surface area (Å²) in [5.41, 5.74) is 1.26. The van der Waals surface area contributed by atoms with E-state index >= 15 is 0 Å². The Morgan fingerprint density at radius 2 is 2.05 bits per heavy atom. The van der Waals surface area contributed by atoms with Crippen molar-refractivity contribution in [2.24, 2.45) is 0 Å². The van der Waals surface area contributed by atoms with Gasteiger partial charge in [0.1, 0.15) is 5.75 Å². The molecule has 1 N–H and O–H groups in total. The molecule has 1 aromatic rings. The number of hydrogen-bond donors (Lipinski definition) is 1. The number of benzene rings is 1. The second-order valence-corrected chi connectivity index (χ2v) is 6.14. The van der Waals surface area contributed by atoms with Gasteiger partial charge in [0.15, 0.2) is 0 Å². The minimum absolute atomic E-state index is 0.400. The van der Waals surface area contributed by atoms with E-state index in [1.165, 1.54) is 37.7 Å². The molecule has 0 unspecified atom stereocenters. The summed E-state index contributed by atoms with van der Waals surface area (Å²) in [6.07, 6.45) is 7.93. The topological polar surface area (TPSA) is 21.3 Å². The minimum atomic E-state index is 0.400. The fraction of sp³-hybridized carbons (Fsp3) is 0.625. The summed E-state index contributed by atoms with van der Waals surface area (Å²) >= 11 is 3.63. The molecule has 0 bridgehead atoms. The molecule has 1 aromatic carbocycles. The molecule has 3 heteroatoms. The van der Waals surface area contributed by atoms with E-state index < -0.39 is 0 Å². The van der Waals surface area contributed by atoms with Gasteiger partial charge in [0.05, 0.1) is 10.6 Å². The normalized spacial score (nSPS) is 16.5. The van der Waals surface area contributed by atoms with E-state index in [0.29, 0.717) is 6.10 Å². The molecule has 2 nitrogen and oxygen atoms in total. The smallest absolute Gasteiger partial charge is 0.138 e. The molecule has 1 fully saturated rings. The Kier molecular flexibility index (Phi) is 6.18. The van der Waals surface area contributed by atoms with Crippen molar-refractivity contribution in [1.82, 2.24) is 5.32 Å². The highest BCUT2D eigenvalue weighted by atomic mass is 79.9. The third-order valence-electron chi connectivity index (χ3n) is 3.63. The Hall–Kier alpha value is -0.540. The predicted octanol–water partition coefficient (Wildman–Crippen LogP) is 4.66. The van der Waals surface area contributed by atoms with Crippen LogP contribution in [0.5, 0.6) is 5.75 Å². The third-order valence-corrected chi connectivity index (χ3v) is 4.25. The highest BCUT2D eigenvalue weighted by Gasteiger charge is 2.17. The zero-order chi connectivity index (χ0) is 13.5. The maximum absolute atomic E-state index is 6.26. The van der Waals surface area contributed by atoms with Crippen LogP contribution in [-0.2, 0) is 6.54 Å². The molecular formula is C16H24BrNO. The number of para-hydroxylation sites is 1. The van der Waals surface area contributed by atoms with E-state index in [9.17, 15) is 0 Å². The standard InChI is InChI=1S/C16H24BrNO/c1-2-11-18-12-13-7-6-10-15(17)16(13)19-14-8-4-3-5-9-14/h6-7,10,14,18H,2-5,8-9,11-12H2,1H3. The molecule has 1 aliphatic rings. The Balaban J connectivity index is 2.03. The number of rotatable bonds is 6. The number of nitrogens with one attached hydrogen (secondary N) is 1. The van der Waals surface area contributed by atoms with Crippen LogP contribution in [0.1, 0.15) is 51.0 Å². The van der Waals surface area contributed by atoms with Crippen LogP contribution < -0.4 is 10.1 Å². The van der Waals surface area contributed by atoms with Gasteiger partial charge in [0.25, 0.3) is 0 Å². The summed E-state index contributed by atoms with van der Waals surface area (Å²) < 4.78 is 7.34. The summed E-state index contributed by atoms with van der Waals surface area (Å²) in [6.45, 7) is 4.12. The van der Waals surface area contributed by atoms with Crippen LogP contribution in [0.2, 0.25) is 0 Å². The van der Waals surface area contributed by atoms with Gasteiger partial charge in [-0.05, 0) is 60.6 Å². The first-order valence-electron chi connectivity index (χ1n) is 7.46. The first kappa shape index (κ1) is 14.9. The number of halogens is 1. The Morgan fingerprint density at radius 1 is 1.26 bits per heavy atom. The molecule has 2 rings (SSSR count). The fourth-order valence-corrected chi connectivity index (χ4v) is 3.07. The lowest BCUT2D eigenvalue weighted by atomic mass is 9.97. The van der Waals surface area contributed by atoms with Crippen molar-refractivity contribution in [3.05, 3.63) is 28.2 Å². The second-order valence-electron chi connectivity index (χ2n) is 5.28. The molecule has 106 valence electrons. The maximum Gasteiger partial charge on any atom is 0.138 e. The Labute approximate surface area is 125 Å². The summed E-state index contributed by atoms with van der Waals surface area (Å²) in [7, 11) is 0. The van der Waals surface area contributed by atoms with Crippen molar-refractivity contribution in [2.45, 2.75) is 58.1 Å². The van der Waals surface area contributed by atoms with Crippen molar-refractivity contribution in [2.75, 3.05) is 6.54 Å². The molecule has 1 saturated carbocycles. The van der Waals surface area contributed by atoms with E-state index in [1.54, 1.807) is 0 Å². The summed E-state index contributed by atoms with van der Waals surface area (Å²) in [6, 6.07) is 6.31. The van der Waals surface area contributed by atoms with E-state index in [0.717, 1.165) is 29.7 Å². The molecule has 0 atom stereocenters. The highest BCUT2D eigenvalue weighted by molar-refractivity contribution is 9.10. The molecule has 0 saturated heterocycles. The molecule has 0 radical (unpaired) electrons. The van der Waals surface area contributed by atoms with Crippen molar-refractivity contribution in [3.63, 3.8) is 0 Å². The maximum atomic E-state index is 6.26. The van der Waals surface area contributed by atoms with Crippen LogP contribution in [0.25, 0.3) is 0 Å². The quantitative estimate of drug-likeness (QED) is 0.768. The van der Waals surface area contributed by atoms with Crippen molar-refractivity contribution in [3.8, 4) is 5.75 Å². The minimum Gasteiger partial charge on any atom is -0.489 e. The first-order chi connectivity index (χ1) is 9.31. The highest BCUT2D eigenvalue weighted by Crippen LogP contribution is 2.32. The third kappa shape index (κ3) is 4.50. The predicted molar refractivity (Wildman–Crippen MR) is 83.6 cm³/mol. The van der Waals surface area contributed by atoms with Crippen LogP contribution in [0.15, 0.2) is 22.7 Å². The van der Waals surface area contributed by atoms with Gasteiger partial charge in [-0.2, -0.15) is 0 Å². The lowest BCUT2D eigenvalue weighted by molar-refractivity contribution is 0.152. The molecule has 0 spiro atoms. The average molecular weight is 326 g/mol. The van der Waals surface area contributed by atoms with Gasteiger partial charge in [-0.15, -0.1) is 0 Å². The molecule has 0 amide bonds. The van der Waals surface area contributed by atoms with Gasteiger partial charge in [0.2, 0.25) is 0 Å².